The minimum atomic E-state index is 0.0356. The topological polar surface area (TPSA) is 60.0 Å². The number of amides is 1. The van der Waals surface area contributed by atoms with Crippen LogP contribution in [0.3, 0.4) is 0 Å². The Morgan fingerprint density at radius 2 is 1.96 bits per heavy atom. The zero-order chi connectivity index (χ0) is 18.9. The van der Waals surface area contributed by atoms with E-state index in [0.29, 0.717) is 0 Å². The van der Waals surface area contributed by atoms with Crippen molar-refractivity contribution in [2.45, 2.75) is 32.2 Å². The smallest absolute Gasteiger partial charge is 0.253 e. The Kier molecular flexibility index (Phi) is 7.91. The molecule has 0 spiro atoms. The van der Waals surface area contributed by atoms with Gasteiger partial charge in [0.2, 0.25) is 0 Å². The number of carbonyl (C=O) groups excluding carboxylic acids is 1. The molecule has 1 fully saturated rings. The third kappa shape index (κ3) is 6.33. The van der Waals surface area contributed by atoms with Crippen LogP contribution in [0.15, 0.2) is 29.3 Å². The number of hydrogen-bond donors (Lipinski definition) is 2. The predicted molar refractivity (Wildman–Crippen MR) is 108 cm³/mol. The summed E-state index contributed by atoms with van der Waals surface area (Å²) in [6.45, 7) is 6.06. The predicted octanol–water partition coefficient (Wildman–Crippen LogP) is 1.58. The number of benzene rings is 1. The van der Waals surface area contributed by atoms with Gasteiger partial charge in [-0.2, -0.15) is 0 Å². The molecule has 2 rings (SSSR count). The van der Waals surface area contributed by atoms with Crippen LogP contribution in [0.1, 0.15) is 35.7 Å². The Bertz CT molecular complexity index is 610. The largest absolute Gasteiger partial charge is 0.356 e. The van der Waals surface area contributed by atoms with E-state index in [2.05, 4.69) is 33.5 Å². The molecule has 1 saturated carbocycles. The Morgan fingerprint density at radius 3 is 2.58 bits per heavy atom. The van der Waals surface area contributed by atoms with Gasteiger partial charge in [-0.1, -0.05) is 19.1 Å². The fraction of sp³-hybridized carbons (Fsp3) is 0.600. The van der Waals surface area contributed by atoms with Crippen LogP contribution in [-0.4, -0.2) is 75.0 Å². The Labute approximate surface area is 157 Å². The first-order chi connectivity index (χ1) is 12.5. The molecule has 26 heavy (non-hydrogen) atoms. The zero-order valence-corrected chi connectivity index (χ0v) is 16.6. The molecule has 1 aromatic rings. The molecule has 1 aliphatic carbocycles. The van der Waals surface area contributed by atoms with E-state index in [9.17, 15) is 4.79 Å². The summed E-state index contributed by atoms with van der Waals surface area (Å²) in [7, 11) is 5.34. The standard InChI is InChI=1S/C20H33N5O/c1-5-25(18-9-10-18)14-13-23-20(21-2)22-12-11-16-7-6-8-17(15-16)19(26)24(3)4/h6-8,15,18H,5,9-14H2,1-4H3,(H2,21,22,23). The fourth-order valence-electron chi connectivity index (χ4n) is 3.02. The van der Waals surface area contributed by atoms with Crippen LogP contribution in [0.4, 0.5) is 0 Å². The average molecular weight is 360 g/mol. The quantitative estimate of drug-likeness (QED) is 0.519. The van der Waals surface area contributed by atoms with E-state index in [-0.39, 0.29) is 5.91 Å². The highest BCUT2D eigenvalue weighted by molar-refractivity contribution is 5.94. The number of hydrogen-bond acceptors (Lipinski definition) is 3. The molecule has 1 amide bonds. The molecule has 2 N–H and O–H groups in total. The molecular weight excluding hydrogens is 326 g/mol. The molecule has 1 aliphatic rings. The van der Waals surface area contributed by atoms with Gasteiger partial charge in [0, 0.05) is 52.4 Å². The summed E-state index contributed by atoms with van der Waals surface area (Å²) < 4.78 is 0. The Hall–Kier alpha value is -2.08. The van der Waals surface area contributed by atoms with Gasteiger partial charge in [0.05, 0.1) is 0 Å². The lowest BCUT2D eigenvalue weighted by atomic mass is 10.1. The van der Waals surface area contributed by atoms with Crippen molar-refractivity contribution in [1.29, 1.82) is 0 Å². The average Bonchev–Trinajstić information content (AvgIpc) is 3.48. The van der Waals surface area contributed by atoms with Crippen molar-refractivity contribution < 1.29 is 4.79 Å². The van der Waals surface area contributed by atoms with Gasteiger partial charge in [-0.3, -0.25) is 14.7 Å². The summed E-state index contributed by atoms with van der Waals surface area (Å²) in [5.41, 5.74) is 1.88. The second-order valence-electron chi connectivity index (χ2n) is 6.94. The van der Waals surface area contributed by atoms with E-state index < -0.39 is 0 Å². The number of nitrogens with one attached hydrogen (secondary N) is 2. The fourth-order valence-corrected chi connectivity index (χ4v) is 3.02. The highest BCUT2D eigenvalue weighted by Gasteiger charge is 2.27. The maximum Gasteiger partial charge on any atom is 0.253 e. The molecule has 0 radical (unpaired) electrons. The maximum atomic E-state index is 12.1. The van der Waals surface area contributed by atoms with Gasteiger partial charge in [-0.05, 0) is 43.5 Å². The molecule has 6 heteroatoms. The van der Waals surface area contributed by atoms with Crippen LogP contribution in [0, 0.1) is 0 Å². The van der Waals surface area contributed by atoms with Crippen LogP contribution in [0.2, 0.25) is 0 Å². The van der Waals surface area contributed by atoms with Crippen molar-refractivity contribution in [2.75, 3.05) is 47.3 Å². The highest BCUT2D eigenvalue weighted by atomic mass is 16.2. The summed E-state index contributed by atoms with van der Waals surface area (Å²) in [5.74, 6) is 0.866. The van der Waals surface area contributed by atoms with Crippen LogP contribution in [0.5, 0.6) is 0 Å². The molecule has 0 unspecified atom stereocenters. The number of likely N-dealkylation sites (N-methyl/N-ethyl adjacent to an activating group) is 1. The van der Waals surface area contributed by atoms with Gasteiger partial charge < -0.3 is 15.5 Å². The first-order valence-electron chi connectivity index (χ1n) is 9.54. The van der Waals surface area contributed by atoms with Gasteiger partial charge in [0.1, 0.15) is 0 Å². The van der Waals surface area contributed by atoms with Crippen LogP contribution < -0.4 is 10.6 Å². The third-order valence-electron chi connectivity index (χ3n) is 4.67. The zero-order valence-electron chi connectivity index (χ0n) is 16.6. The molecule has 144 valence electrons. The molecule has 0 saturated heterocycles. The summed E-state index contributed by atoms with van der Waals surface area (Å²) in [6, 6.07) is 8.62. The lowest BCUT2D eigenvalue weighted by molar-refractivity contribution is 0.0827. The minimum absolute atomic E-state index is 0.0356. The first kappa shape index (κ1) is 20.2. The summed E-state index contributed by atoms with van der Waals surface area (Å²) >= 11 is 0. The number of rotatable bonds is 9. The molecule has 6 nitrogen and oxygen atoms in total. The summed E-state index contributed by atoms with van der Waals surface area (Å²) in [4.78, 5) is 20.5. The van der Waals surface area contributed by atoms with Gasteiger partial charge in [-0.15, -0.1) is 0 Å². The lowest BCUT2D eigenvalue weighted by Gasteiger charge is -2.20. The summed E-state index contributed by atoms with van der Waals surface area (Å²) in [5, 5.41) is 6.74. The second-order valence-corrected chi connectivity index (χ2v) is 6.94. The van der Waals surface area contributed by atoms with Gasteiger partial charge in [0.15, 0.2) is 5.96 Å². The summed E-state index contributed by atoms with van der Waals surface area (Å²) in [6.07, 6.45) is 3.53. The van der Waals surface area contributed by atoms with Crippen molar-refractivity contribution in [3.05, 3.63) is 35.4 Å². The van der Waals surface area contributed by atoms with E-state index in [0.717, 1.165) is 55.7 Å². The van der Waals surface area contributed by atoms with Crippen molar-refractivity contribution in [1.82, 2.24) is 20.4 Å². The number of aliphatic imine (C=N–C) groups is 1. The molecule has 1 aromatic carbocycles. The maximum absolute atomic E-state index is 12.1. The molecule has 0 aliphatic heterocycles. The van der Waals surface area contributed by atoms with Gasteiger partial charge in [0.25, 0.3) is 5.91 Å². The molecule has 0 aromatic heterocycles. The van der Waals surface area contributed by atoms with Crippen molar-refractivity contribution in [2.24, 2.45) is 4.99 Å². The lowest BCUT2D eigenvalue weighted by Crippen LogP contribution is -2.42. The van der Waals surface area contributed by atoms with Gasteiger partial charge in [-0.25, -0.2) is 0 Å². The molecular formula is C20H33N5O. The molecule has 0 atom stereocenters. The molecule has 0 bridgehead atoms. The van der Waals surface area contributed by atoms with Crippen molar-refractivity contribution >= 4 is 11.9 Å². The van der Waals surface area contributed by atoms with Crippen molar-refractivity contribution in [3.63, 3.8) is 0 Å². The van der Waals surface area contributed by atoms with E-state index in [1.54, 1.807) is 26.0 Å². The van der Waals surface area contributed by atoms with Crippen LogP contribution >= 0.6 is 0 Å². The third-order valence-corrected chi connectivity index (χ3v) is 4.67. The van der Waals surface area contributed by atoms with Crippen molar-refractivity contribution in [3.8, 4) is 0 Å². The van der Waals surface area contributed by atoms with E-state index >= 15 is 0 Å². The number of nitrogens with zero attached hydrogens (tertiary/aromatic N) is 3. The van der Waals surface area contributed by atoms with E-state index in [1.165, 1.54) is 12.8 Å². The van der Waals surface area contributed by atoms with E-state index in [1.807, 2.05) is 18.2 Å². The number of guanidine groups is 1. The number of carbonyl (C=O) groups is 1. The monoisotopic (exact) mass is 359 g/mol. The normalized spacial score (nSPS) is 14.4. The first-order valence-corrected chi connectivity index (χ1v) is 9.54. The second kappa shape index (κ2) is 10.2. The highest BCUT2D eigenvalue weighted by Crippen LogP contribution is 2.25. The van der Waals surface area contributed by atoms with Gasteiger partial charge >= 0.3 is 0 Å². The molecule has 0 heterocycles. The Morgan fingerprint density at radius 1 is 1.23 bits per heavy atom. The Balaban J connectivity index is 1.73. The SMILES string of the molecule is CCN(CCNC(=NC)NCCc1cccc(C(=O)N(C)C)c1)C1CC1. The minimum Gasteiger partial charge on any atom is -0.356 e. The van der Waals surface area contributed by atoms with Crippen LogP contribution in [0.25, 0.3) is 0 Å². The van der Waals surface area contributed by atoms with E-state index in [4.69, 9.17) is 0 Å². The van der Waals surface area contributed by atoms with Crippen LogP contribution in [-0.2, 0) is 6.42 Å².